The first-order chi connectivity index (χ1) is 12.5. The van der Waals surface area contributed by atoms with Gasteiger partial charge in [0.1, 0.15) is 12.4 Å². The topological polar surface area (TPSA) is 75.7 Å². The quantitative estimate of drug-likeness (QED) is 0.758. The third-order valence-electron chi connectivity index (χ3n) is 3.99. The normalized spacial score (nSPS) is 14.3. The predicted octanol–water partition coefficient (Wildman–Crippen LogP) is 3.18. The van der Waals surface area contributed by atoms with Gasteiger partial charge in [-0.3, -0.25) is 9.52 Å². The van der Waals surface area contributed by atoms with Crippen LogP contribution in [0.3, 0.4) is 0 Å². The van der Waals surface area contributed by atoms with Gasteiger partial charge < -0.3 is 9.64 Å². The van der Waals surface area contributed by atoms with E-state index in [1.165, 1.54) is 12.1 Å². The highest BCUT2D eigenvalue weighted by molar-refractivity contribution is 7.92. The lowest BCUT2D eigenvalue weighted by Crippen LogP contribution is -2.23. The number of nitrogens with one attached hydrogen (secondary N) is 1. The number of benzene rings is 2. The van der Waals surface area contributed by atoms with Crippen LogP contribution in [0.1, 0.15) is 12.8 Å². The molecule has 26 heavy (non-hydrogen) atoms. The fourth-order valence-corrected chi connectivity index (χ4v) is 3.79. The van der Waals surface area contributed by atoms with Crippen LogP contribution in [0.4, 0.5) is 11.4 Å². The van der Waals surface area contributed by atoms with Crippen LogP contribution >= 0.6 is 0 Å². The molecule has 0 saturated carbocycles. The molecule has 1 aliphatic rings. The summed E-state index contributed by atoms with van der Waals surface area (Å²) in [4.78, 5) is 13.6. The van der Waals surface area contributed by atoms with Crippen LogP contribution in [0.15, 0.2) is 66.1 Å². The summed E-state index contributed by atoms with van der Waals surface area (Å²) in [6.45, 7) is 4.58. The van der Waals surface area contributed by atoms with Crippen molar-refractivity contribution in [1.29, 1.82) is 0 Å². The number of ether oxygens (including phenoxy) is 1. The third-order valence-corrected chi connectivity index (χ3v) is 5.38. The molecule has 6 nitrogen and oxygen atoms in total. The van der Waals surface area contributed by atoms with Crippen molar-refractivity contribution in [1.82, 2.24) is 0 Å². The van der Waals surface area contributed by atoms with E-state index in [2.05, 4.69) is 11.3 Å². The number of sulfonamides is 1. The van der Waals surface area contributed by atoms with Crippen molar-refractivity contribution < 1.29 is 17.9 Å². The summed E-state index contributed by atoms with van der Waals surface area (Å²) >= 11 is 0. The van der Waals surface area contributed by atoms with Crippen LogP contribution < -0.4 is 14.4 Å². The van der Waals surface area contributed by atoms with Crippen LogP contribution in [-0.2, 0) is 14.8 Å². The molecular weight excluding hydrogens is 352 g/mol. The molecule has 1 heterocycles. The number of carbonyl (C=O) groups excluding carboxylic acids is 1. The number of rotatable bonds is 7. The molecule has 0 aromatic heterocycles. The van der Waals surface area contributed by atoms with Gasteiger partial charge in [0.2, 0.25) is 5.91 Å². The molecule has 1 N–H and O–H groups in total. The Morgan fingerprint density at radius 3 is 2.62 bits per heavy atom. The fraction of sp³-hybridized carbons (Fsp3) is 0.211. The van der Waals surface area contributed by atoms with E-state index in [9.17, 15) is 13.2 Å². The van der Waals surface area contributed by atoms with E-state index in [-0.39, 0.29) is 10.8 Å². The first-order valence-electron chi connectivity index (χ1n) is 8.26. The minimum absolute atomic E-state index is 0.0649. The Hall–Kier alpha value is -2.80. The van der Waals surface area contributed by atoms with E-state index in [0.717, 1.165) is 6.42 Å². The molecule has 2 aromatic carbocycles. The van der Waals surface area contributed by atoms with Crippen molar-refractivity contribution in [2.75, 3.05) is 22.8 Å². The predicted molar refractivity (Wildman–Crippen MR) is 101 cm³/mol. The van der Waals surface area contributed by atoms with E-state index in [1.807, 2.05) is 0 Å². The fourth-order valence-electron chi connectivity index (χ4n) is 2.74. The third kappa shape index (κ3) is 4.05. The first kappa shape index (κ1) is 18.0. The maximum Gasteiger partial charge on any atom is 0.261 e. The lowest BCUT2D eigenvalue weighted by atomic mass is 10.3. The Morgan fingerprint density at radius 2 is 1.96 bits per heavy atom. The molecule has 1 amide bonds. The standard InChI is InChI=1S/C19H20N2O4S/c1-2-13-25-17-6-3-5-15(14-17)20-26(23,24)18-10-8-16(9-11-18)21-12-4-7-19(21)22/h2-3,5-6,8-11,14,20H,1,4,7,12-13H2. The lowest BCUT2D eigenvalue weighted by molar-refractivity contribution is -0.117. The van der Waals surface area contributed by atoms with Crippen LogP contribution in [0, 0.1) is 0 Å². The molecule has 0 spiro atoms. The Labute approximate surface area is 153 Å². The molecule has 0 atom stereocenters. The molecule has 0 bridgehead atoms. The minimum atomic E-state index is -3.73. The SMILES string of the molecule is C=CCOc1cccc(NS(=O)(=O)c2ccc(N3CCCC3=O)cc2)c1. The van der Waals surface area contributed by atoms with Gasteiger partial charge in [0.25, 0.3) is 10.0 Å². The average Bonchev–Trinajstić information content (AvgIpc) is 3.06. The maximum absolute atomic E-state index is 12.6. The van der Waals surface area contributed by atoms with Gasteiger partial charge in [-0.05, 0) is 42.8 Å². The van der Waals surface area contributed by atoms with Gasteiger partial charge in [-0.15, -0.1) is 0 Å². The molecule has 0 aliphatic carbocycles. The number of carbonyl (C=O) groups is 1. The minimum Gasteiger partial charge on any atom is -0.489 e. The second kappa shape index (κ2) is 7.61. The first-order valence-corrected chi connectivity index (χ1v) is 9.75. The summed E-state index contributed by atoms with van der Waals surface area (Å²) in [5.74, 6) is 0.614. The largest absolute Gasteiger partial charge is 0.489 e. The maximum atomic E-state index is 12.6. The number of hydrogen-bond acceptors (Lipinski definition) is 4. The molecule has 1 fully saturated rings. The number of amides is 1. The highest BCUT2D eigenvalue weighted by atomic mass is 32.2. The monoisotopic (exact) mass is 372 g/mol. The molecule has 1 saturated heterocycles. The summed E-state index contributed by atoms with van der Waals surface area (Å²) in [6.07, 6.45) is 2.97. The van der Waals surface area contributed by atoms with Gasteiger partial charge in [0.05, 0.1) is 10.6 Å². The molecule has 7 heteroatoms. The molecule has 136 valence electrons. The zero-order valence-electron chi connectivity index (χ0n) is 14.2. The van der Waals surface area contributed by atoms with Crippen molar-refractivity contribution in [3.05, 3.63) is 61.2 Å². The summed E-state index contributed by atoms with van der Waals surface area (Å²) < 4.78 is 33.1. The molecular formula is C19H20N2O4S. The van der Waals surface area contributed by atoms with Crippen molar-refractivity contribution in [3.8, 4) is 5.75 Å². The highest BCUT2D eigenvalue weighted by Gasteiger charge is 2.22. The highest BCUT2D eigenvalue weighted by Crippen LogP contribution is 2.25. The summed E-state index contributed by atoms with van der Waals surface area (Å²) in [6, 6.07) is 13.0. The summed E-state index contributed by atoms with van der Waals surface area (Å²) in [5.41, 5.74) is 1.12. The zero-order chi connectivity index (χ0) is 18.6. The van der Waals surface area contributed by atoms with E-state index >= 15 is 0 Å². The van der Waals surface area contributed by atoms with Crippen LogP contribution in [0.2, 0.25) is 0 Å². The van der Waals surface area contributed by atoms with Gasteiger partial charge in [-0.25, -0.2) is 8.42 Å². The van der Waals surface area contributed by atoms with Crippen molar-refractivity contribution in [2.24, 2.45) is 0 Å². The molecule has 3 rings (SSSR count). The molecule has 2 aromatic rings. The summed E-state index contributed by atoms with van der Waals surface area (Å²) in [5, 5.41) is 0. The molecule has 0 radical (unpaired) electrons. The van der Waals surface area contributed by atoms with Crippen molar-refractivity contribution in [3.63, 3.8) is 0 Å². The summed E-state index contributed by atoms with van der Waals surface area (Å²) in [7, 11) is -3.73. The Bertz CT molecular complexity index is 907. The van der Waals surface area contributed by atoms with Gasteiger partial charge in [-0.2, -0.15) is 0 Å². The van der Waals surface area contributed by atoms with Crippen LogP contribution in [-0.4, -0.2) is 27.5 Å². The van der Waals surface area contributed by atoms with Gasteiger partial charge >= 0.3 is 0 Å². The van der Waals surface area contributed by atoms with Crippen LogP contribution in [0.5, 0.6) is 5.75 Å². The van der Waals surface area contributed by atoms with Gasteiger partial charge in [-0.1, -0.05) is 18.7 Å². The van der Waals surface area contributed by atoms with Crippen LogP contribution in [0.25, 0.3) is 0 Å². The zero-order valence-corrected chi connectivity index (χ0v) is 15.0. The Balaban J connectivity index is 1.75. The van der Waals surface area contributed by atoms with Crippen molar-refractivity contribution >= 4 is 27.3 Å². The lowest BCUT2D eigenvalue weighted by Gasteiger charge is -2.16. The van der Waals surface area contributed by atoms with E-state index < -0.39 is 10.0 Å². The van der Waals surface area contributed by atoms with Gasteiger partial charge in [0, 0.05) is 24.7 Å². The second-order valence-electron chi connectivity index (χ2n) is 5.88. The smallest absolute Gasteiger partial charge is 0.261 e. The Morgan fingerprint density at radius 1 is 1.19 bits per heavy atom. The second-order valence-corrected chi connectivity index (χ2v) is 7.56. The molecule has 0 unspecified atom stereocenters. The molecule has 1 aliphatic heterocycles. The average molecular weight is 372 g/mol. The van der Waals surface area contributed by atoms with Crippen molar-refractivity contribution in [2.45, 2.75) is 17.7 Å². The van der Waals surface area contributed by atoms with E-state index in [1.54, 1.807) is 47.4 Å². The van der Waals surface area contributed by atoms with Gasteiger partial charge in [0.15, 0.2) is 0 Å². The number of hydrogen-bond donors (Lipinski definition) is 1. The van der Waals surface area contributed by atoms with E-state index in [0.29, 0.717) is 36.7 Å². The number of nitrogens with zero attached hydrogens (tertiary/aromatic N) is 1. The number of anilines is 2. The Kier molecular flexibility index (Phi) is 5.27. The van der Waals surface area contributed by atoms with E-state index in [4.69, 9.17) is 4.74 Å².